The summed E-state index contributed by atoms with van der Waals surface area (Å²) in [5.41, 5.74) is 1.98. The molecule has 1 aliphatic rings. The molecule has 22 heavy (non-hydrogen) atoms. The molecule has 3 nitrogen and oxygen atoms in total. The van der Waals surface area contributed by atoms with Crippen LogP contribution in [0.4, 0.5) is 0 Å². The van der Waals surface area contributed by atoms with Crippen molar-refractivity contribution in [3.05, 3.63) is 69.7 Å². The van der Waals surface area contributed by atoms with E-state index in [9.17, 15) is 4.79 Å². The minimum absolute atomic E-state index is 0.0369. The lowest BCUT2D eigenvalue weighted by molar-refractivity contribution is -0.155. The van der Waals surface area contributed by atoms with Crippen molar-refractivity contribution in [1.82, 2.24) is 4.90 Å². The summed E-state index contributed by atoms with van der Waals surface area (Å²) in [5, 5.41) is 1.34. The van der Waals surface area contributed by atoms with Gasteiger partial charge < -0.3 is 9.64 Å². The molecule has 1 amide bonds. The molecule has 114 valence electrons. The number of likely N-dealkylation sites (N-methyl/N-ethyl adjacent to an activating group) is 1. The van der Waals surface area contributed by atoms with Gasteiger partial charge in [-0.25, -0.2) is 0 Å². The lowest BCUT2D eigenvalue weighted by Gasteiger charge is -2.39. The molecular weight excluding hydrogens is 321 g/mol. The van der Waals surface area contributed by atoms with Crippen molar-refractivity contribution >= 4 is 29.1 Å². The Morgan fingerprint density at radius 3 is 2.00 bits per heavy atom. The summed E-state index contributed by atoms with van der Waals surface area (Å²) in [5.74, 6) is -0.0369. The minimum Gasteiger partial charge on any atom is -0.361 e. The van der Waals surface area contributed by atoms with E-state index in [1.54, 1.807) is 11.9 Å². The Labute approximate surface area is 139 Å². The number of rotatable bonds is 2. The van der Waals surface area contributed by atoms with Crippen LogP contribution < -0.4 is 0 Å². The molecular formula is C17H15Cl2NO2. The van der Waals surface area contributed by atoms with Crippen LogP contribution >= 0.6 is 23.2 Å². The topological polar surface area (TPSA) is 29.5 Å². The Morgan fingerprint density at radius 2 is 1.45 bits per heavy atom. The van der Waals surface area contributed by atoms with E-state index >= 15 is 0 Å². The molecule has 1 saturated heterocycles. The van der Waals surface area contributed by atoms with Crippen molar-refractivity contribution in [1.29, 1.82) is 0 Å². The van der Waals surface area contributed by atoms with E-state index in [0.29, 0.717) is 10.0 Å². The third-order valence-corrected chi connectivity index (χ3v) is 4.40. The van der Waals surface area contributed by atoms with Crippen molar-refractivity contribution in [2.45, 2.75) is 12.1 Å². The highest BCUT2D eigenvalue weighted by Gasteiger charge is 2.36. The first-order valence-electron chi connectivity index (χ1n) is 6.94. The van der Waals surface area contributed by atoms with Gasteiger partial charge in [0.1, 0.15) is 12.7 Å². The van der Waals surface area contributed by atoms with Gasteiger partial charge in [0.15, 0.2) is 0 Å². The maximum atomic E-state index is 12.0. The van der Waals surface area contributed by atoms with Crippen molar-refractivity contribution in [2.24, 2.45) is 0 Å². The van der Waals surface area contributed by atoms with Crippen LogP contribution in [0.2, 0.25) is 10.0 Å². The molecule has 3 rings (SSSR count). The molecule has 0 radical (unpaired) electrons. The second kappa shape index (κ2) is 6.29. The molecule has 2 aromatic rings. The van der Waals surface area contributed by atoms with Gasteiger partial charge in [-0.3, -0.25) is 4.79 Å². The molecule has 0 N–H and O–H groups in total. The number of nitrogens with zero attached hydrogens (tertiary/aromatic N) is 1. The standard InChI is InChI=1S/C17H15Cl2NO2/c1-20-15(21)10-22-17(12-4-8-14(19)9-5-12)16(20)11-2-6-13(18)7-3-11/h2-9,16-17H,10H2,1H3/t16?,17-/m1/s1. The number of hydrogen-bond donors (Lipinski definition) is 0. The van der Waals surface area contributed by atoms with Gasteiger partial charge in [-0.05, 0) is 35.4 Å². The second-order valence-electron chi connectivity index (χ2n) is 5.28. The van der Waals surface area contributed by atoms with Crippen LogP contribution in [0.3, 0.4) is 0 Å². The van der Waals surface area contributed by atoms with Crippen LogP contribution in [0, 0.1) is 0 Å². The molecule has 1 unspecified atom stereocenters. The molecule has 0 aliphatic carbocycles. The smallest absolute Gasteiger partial charge is 0.248 e. The number of benzene rings is 2. The van der Waals surface area contributed by atoms with Crippen molar-refractivity contribution < 1.29 is 9.53 Å². The van der Waals surface area contributed by atoms with Crippen LogP contribution in [0.1, 0.15) is 23.3 Å². The fraction of sp³-hybridized carbons (Fsp3) is 0.235. The first kappa shape index (κ1) is 15.3. The minimum atomic E-state index is -0.235. The molecule has 0 bridgehead atoms. The number of hydrogen-bond acceptors (Lipinski definition) is 2. The number of amides is 1. The Hall–Kier alpha value is -1.55. The Morgan fingerprint density at radius 1 is 0.955 bits per heavy atom. The first-order chi connectivity index (χ1) is 10.6. The van der Waals surface area contributed by atoms with Crippen molar-refractivity contribution in [3.8, 4) is 0 Å². The molecule has 2 atom stereocenters. The summed E-state index contributed by atoms with van der Waals surface area (Å²) in [4.78, 5) is 13.8. The fourth-order valence-electron chi connectivity index (χ4n) is 2.70. The van der Waals surface area contributed by atoms with E-state index in [2.05, 4.69) is 0 Å². The third kappa shape index (κ3) is 2.98. The number of carbonyl (C=O) groups excluding carboxylic acids is 1. The quantitative estimate of drug-likeness (QED) is 0.820. The summed E-state index contributed by atoms with van der Waals surface area (Å²) in [6, 6.07) is 14.8. The van der Waals surface area contributed by atoms with Crippen molar-refractivity contribution in [3.63, 3.8) is 0 Å². The van der Waals surface area contributed by atoms with Crippen LogP contribution in [0.25, 0.3) is 0 Å². The highest BCUT2D eigenvalue weighted by Crippen LogP contribution is 2.39. The predicted octanol–water partition coefficient (Wildman–Crippen LogP) is 4.26. The van der Waals surface area contributed by atoms with Gasteiger partial charge in [0.2, 0.25) is 5.91 Å². The normalized spacial score (nSPS) is 22.0. The van der Waals surface area contributed by atoms with E-state index < -0.39 is 0 Å². The third-order valence-electron chi connectivity index (χ3n) is 3.89. The van der Waals surface area contributed by atoms with Gasteiger partial charge in [0.25, 0.3) is 0 Å². The number of ether oxygens (including phenoxy) is 1. The van der Waals surface area contributed by atoms with Crippen molar-refractivity contribution in [2.75, 3.05) is 13.7 Å². The SMILES string of the molecule is CN1C(=O)CO[C@H](c2ccc(Cl)cc2)C1c1ccc(Cl)cc1. The molecule has 1 heterocycles. The molecule has 5 heteroatoms. The van der Waals surface area contributed by atoms with Gasteiger partial charge >= 0.3 is 0 Å². The average molecular weight is 336 g/mol. The zero-order valence-corrected chi connectivity index (χ0v) is 13.5. The summed E-state index contributed by atoms with van der Waals surface area (Å²) in [7, 11) is 1.80. The van der Waals surface area contributed by atoms with Gasteiger partial charge in [0, 0.05) is 17.1 Å². The van der Waals surface area contributed by atoms with E-state index in [4.69, 9.17) is 27.9 Å². The Kier molecular flexibility index (Phi) is 4.39. The van der Waals surface area contributed by atoms with Crippen LogP contribution in [0.15, 0.2) is 48.5 Å². The zero-order chi connectivity index (χ0) is 15.7. The lowest BCUT2D eigenvalue weighted by Crippen LogP contribution is -2.43. The maximum absolute atomic E-state index is 12.0. The van der Waals surface area contributed by atoms with E-state index in [1.807, 2.05) is 48.5 Å². The fourth-order valence-corrected chi connectivity index (χ4v) is 2.95. The summed E-state index contributed by atoms with van der Waals surface area (Å²) in [6.45, 7) is 0.0773. The number of carbonyl (C=O) groups is 1. The van der Waals surface area contributed by atoms with Gasteiger partial charge in [0.05, 0.1) is 6.04 Å². The van der Waals surface area contributed by atoms with Gasteiger partial charge in [-0.2, -0.15) is 0 Å². The monoisotopic (exact) mass is 335 g/mol. The zero-order valence-electron chi connectivity index (χ0n) is 12.0. The maximum Gasteiger partial charge on any atom is 0.248 e. The molecule has 1 aliphatic heterocycles. The summed E-state index contributed by atoms with van der Waals surface area (Å²) in [6.07, 6.45) is -0.235. The van der Waals surface area contributed by atoms with E-state index in [-0.39, 0.29) is 24.7 Å². The molecule has 0 aromatic heterocycles. The lowest BCUT2D eigenvalue weighted by atomic mass is 9.93. The summed E-state index contributed by atoms with van der Waals surface area (Å²) >= 11 is 11.9. The first-order valence-corrected chi connectivity index (χ1v) is 7.70. The number of morpholine rings is 1. The largest absolute Gasteiger partial charge is 0.361 e. The second-order valence-corrected chi connectivity index (χ2v) is 6.16. The van der Waals surface area contributed by atoms with Gasteiger partial charge in [-0.1, -0.05) is 47.5 Å². The van der Waals surface area contributed by atoms with Crippen LogP contribution in [0.5, 0.6) is 0 Å². The molecule has 1 fully saturated rings. The van der Waals surface area contributed by atoms with Gasteiger partial charge in [-0.15, -0.1) is 0 Å². The van der Waals surface area contributed by atoms with E-state index in [1.165, 1.54) is 0 Å². The highest BCUT2D eigenvalue weighted by atomic mass is 35.5. The average Bonchev–Trinajstić information content (AvgIpc) is 2.52. The molecule has 0 saturated carbocycles. The summed E-state index contributed by atoms with van der Waals surface area (Å²) < 4.78 is 5.82. The molecule has 0 spiro atoms. The molecule has 2 aromatic carbocycles. The number of halogens is 2. The van der Waals surface area contributed by atoms with E-state index in [0.717, 1.165) is 11.1 Å². The Bertz CT molecular complexity index is 670. The predicted molar refractivity (Wildman–Crippen MR) is 87.1 cm³/mol. The Balaban J connectivity index is 2.00. The highest BCUT2D eigenvalue weighted by molar-refractivity contribution is 6.30. The van der Waals surface area contributed by atoms with Crippen LogP contribution in [-0.2, 0) is 9.53 Å². The van der Waals surface area contributed by atoms with Crippen LogP contribution in [-0.4, -0.2) is 24.5 Å².